The van der Waals surface area contributed by atoms with E-state index in [0.717, 1.165) is 0 Å². The number of benzene rings is 1. The first-order chi connectivity index (χ1) is 5.74. The molecule has 0 atom stereocenters. The van der Waals surface area contributed by atoms with Gasteiger partial charge in [0.15, 0.2) is 11.6 Å². The monoisotopic (exact) mass is 171 g/mol. The van der Waals surface area contributed by atoms with Gasteiger partial charge in [-0.3, -0.25) is 0 Å². The first-order valence-electron chi connectivity index (χ1n) is 3.83. The van der Waals surface area contributed by atoms with Gasteiger partial charge in [-0.25, -0.2) is 4.39 Å². The van der Waals surface area contributed by atoms with E-state index in [-0.39, 0.29) is 5.75 Å². The van der Waals surface area contributed by atoms with Crippen LogP contribution in [0.25, 0.3) is 0 Å². The van der Waals surface area contributed by atoms with Gasteiger partial charge in [-0.2, -0.15) is 0 Å². The first-order valence-corrected chi connectivity index (χ1v) is 3.83. The Labute approximate surface area is 72.2 Å². The van der Waals surface area contributed by atoms with Crippen LogP contribution in [0, 0.1) is 5.82 Å². The highest BCUT2D eigenvalue weighted by Crippen LogP contribution is 2.18. The minimum Gasteiger partial charge on any atom is -0.494 e. The standard InChI is InChI=1S/C7H8FNO.C2H6/c1-10-7-4-5(9)2-3-6(7)8;1-2/h2-4H,9H2,1H3;1-2H3. The average Bonchev–Trinajstić information content (AvgIpc) is 2.13. The molecule has 0 bridgehead atoms. The van der Waals surface area contributed by atoms with Crippen LogP contribution in [-0.4, -0.2) is 7.11 Å². The predicted molar refractivity (Wildman–Crippen MR) is 48.7 cm³/mol. The van der Waals surface area contributed by atoms with Crippen molar-refractivity contribution in [2.75, 3.05) is 12.8 Å². The highest BCUT2D eigenvalue weighted by atomic mass is 19.1. The molecule has 0 aliphatic rings. The molecule has 0 unspecified atom stereocenters. The van der Waals surface area contributed by atoms with Crippen LogP contribution >= 0.6 is 0 Å². The van der Waals surface area contributed by atoms with Crippen LogP contribution < -0.4 is 10.5 Å². The lowest BCUT2D eigenvalue weighted by molar-refractivity contribution is 0.387. The second-order valence-electron chi connectivity index (χ2n) is 1.89. The van der Waals surface area contributed by atoms with Crippen molar-refractivity contribution >= 4 is 5.69 Å². The summed E-state index contributed by atoms with van der Waals surface area (Å²) in [4.78, 5) is 0. The Hall–Kier alpha value is -1.25. The minimum atomic E-state index is -0.392. The molecule has 3 heteroatoms. The van der Waals surface area contributed by atoms with Crippen molar-refractivity contribution in [1.82, 2.24) is 0 Å². The average molecular weight is 171 g/mol. The summed E-state index contributed by atoms with van der Waals surface area (Å²) in [5.74, 6) is -0.211. The third-order valence-electron chi connectivity index (χ3n) is 1.18. The van der Waals surface area contributed by atoms with Gasteiger partial charge < -0.3 is 10.5 Å². The third kappa shape index (κ3) is 2.78. The van der Waals surface area contributed by atoms with Crippen LogP contribution in [0.15, 0.2) is 18.2 Å². The Morgan fingerprint density at radius 3 is 2.33 bits per heavy atom. The van der Waals surface area contributed by atoms with E-state index >= 15 is 0 Å². The van der Waals surface area contributed by atoms with Crippen molar-refractivity contribution in [3.05, 3.63) is 24.0 Å². The lowest BCUT2D eigenvalue weighted by atomic mass is 10.3. The molecule has 2 nitrogen and oxygen atoms in total. The molecule has 68 valence electrons. The molecular weight excluding hydrogens is 157 g/mol. The topological polar surface area (TPSA) is 35.2 Å². The molecule has 0 radical (unpaired) electrons. The lowest BCUT2D eigenvalue weighted by Gasteiger charge is -2.00. The van der Waals surface area contributed by atoms with E-state index in [0.29, 0.717) is 5.69 Å². The number of ether oxygens (including phenoxy) is 1. The summed E-state index contributed by atoms with van der Waals surface area (Å²) in [7, 11) is 1.40. The smallest absolute Gasteiger partial charge is 0.165 e. The van der Waals surface area contributed by atoms with Crippen molar-refractivity contribution < 1.29 is 9.13 Å². The fourth-order valence-corrected chi connectivity index (χ4v) is 0.676. The van der Waals surface area contributed by atoms with E-state index in [2.05, 4.69) is 4.74 Å². The number of halogens is 1. The molecule has 1 aromatic rings. The maximum absolute atomic E-state index is 12.6. The summed E-state index contributed by atoms with van der Waals surface area (Å²) >= 11 is 0. The third-order valence-corrected chi connectivity index (χ3v) is 1.18. The van der Waals surface area contributed by atoms with Crippen molar-refractivity contribution in [1.29, 1.82) is 0 Å². The van der Waals surface area contributed by atoms with E-state index < -0.39 is 5.82 Å². The SMILES string of the molecule is CC.COc1cc(N)ccc1F. The summed E-state index contributed by atoms with van der Waals surface area (Å²) in [6.07, 6.45) is 0. The first kappa shape index (κ1) is 10.8. The number of anilines is 1. The van der Waals surface area contributed by atoms with E-state index in [1.807, 2.05) is 13.8 Å². The van der Waals surface area contributed by atoms with Gasteiger partial charge in [-0.1, -0.05) is 13.8 Å². The number of nitrogens with two attached hydrogens (primary N) is 1. The molecule has 0 saturated carbocycles. The highest BCUT2D eigenvalue weighted by Gasteiger charge is 1.99. The molecular formula is C9H14FNO. The Balaban J connectivity index is 0.000000561. The fourth-order valence-electron chi connectivity index (χ4n) is 0.676. The molecule has 0 aromatic heterocycles. The zero-order valence-electron chi connectivity index (χ0n) is 7.60. The summed E-state index contributed by atoms with van der Waals surface area (Å²) in [6.45, 7) is 4.00. The molecule has 2 N–H and O–H groups in total. The minimum absolute atomic E-state index is 0.181. The summed E-state index contributed by atoms with van der Waals surface area (Å²) in [5.41, 5.74) is 5.85. The fraction of sp³-hybridized carbons (Fsp3) is 0.333. The quantitative estimate of drug-likeness (QED) is 0.659. The Morgan fingerprint density at radius 2 is 1.92 bits per heavy atom. The zero-order chi connectivity index (χ0) is 9.56. The maximum Gasteiger partial charge on any atom is 0.165 e. The molecule has 0 saturated heterocycles. The van der Waals surface area contributed by atoms with Crippen LogP contribution in [0.3, 0.4) is 0 Å². The highest BCUT2D eigenvalue weighted by molar-refractivity contribution is 5.44. The Bertz CT molecular complexity index is 238. The second kappa shape index (κ2) is 5.41. The van der Waals surface area contributed by atoms with Crippen LogP contribution in [0.4, 0.5) is 10.1 Å². The number of methoxy groups -OCH3 is 1. The Kier molecular flexibility index (Phi) is 4.84. The van der Waals surface area contributed by atoms with Gasteiger partial charge in [-0.05, 0) is 12.1 Å². The lowest BCUT2D eigenvalue weighted by Crippen LogP contribution is -1.90. The molecule has 0 aliphatic carbocycles. The number of nitrogen functional groups attached to an aromatic ring is 1. The predicted octanol–water partition coefficient (Wildman–Crippen LogP) is 2.44. The van der Waals surface area contributed by atoms with Crippen molar-refractivity contribution in [2.24, 2.45) is 0 Å². The van der Waals surface area contributed by atoms with E-state index in [1.165, 1.54) is 25.3 Å². The molecule has 12 heavy (non-hydrogen) atoms. The van der Waals surface area contributed by atoms with Gasteiger partial charge in [0.25, 0.3) is 0 Å². The summed E-state index contributed by atoms with van der Waals surface area (Å²) in [5, 5.41) is 0. The largest absolute Gasteiger partial charge is 0.494 e. The number of hydrogen-bond acceptors (Lipinski definition) is 2. The van der Waals surface area contributed by atoms with Gasteiger partial charge in [0.1, 0.15) is 0 Å². The Morgan fingerprint density at radius 1 is 1.33 bits per heavy atom. The van der Waals surface area contributed by atoms with E-state index in [4.69, 9.17) is 5.73 Å². The van der Waals surface area contributed by atoms with Crippen molar-refractivity contribution in [2.45, 2.75) is 13.8 Å². The van der Waals surface area contributed by atoms with Crippen molar-refractivity contribution in [3.8, 4) is 5.75 Å². The van der Waals surface area contributed by atoms with Gasteiger partial charge >= 0.3 is 0 Å². The molecule has 0 spiro atoms. The molecule has 1 rings (SSSR count). The van der Waals surface area contributed by atoms with Gasteiger partial charge in [0, 0.05) is 11.8 Å². The molecule has 1 aromatic carbocycles. The second-order valence-corrected chi connectivity index (χ2v) is 1.89. The number of hydrogen-bond donors (Lipinski definition) is 1. The van der Waals surface area contributed by atoms with Gasteiger partial charge in [0.05, 0.1) is 7.11 Å². The van der Waals surface area contributed by atoms with E-state index in [1.54, 1.807) is 0 Å². The summed E-state index contributed by atoms with van der Waals surface area (Å²) in [6, 6.07) is 4.20. The molecule has 0 amide bonds. The van der Waals surface area contributed by atoms with Crippen LogP contribution in [0.1, 0.15) is 13.8 Å². The normalized spacial score (nSPS) is 8.33. The van der Waals surface area contributed by atoms with Gasteiger partial charge in [-0.15, -0.1) is 0 Å². The molecule has 0 aliphatic heterocycles. The van der Waals surface area contributed by atoms with Crippen LogP contribution in [0.5, 0.6) is 5.75 Å². The van der Waals surface area contributed by atoms with E-state index in [9.17, 15) is 4.39 Å². The van der Waals surface area contributed by atoms with Crippen LogP contribution in [-0.2, 0) is 0 Å². The van der Waals surface area contributed by atoms with Gasteiger partial charge in [0.2, 0.25) is 0 Å². The van der Waals surface area contributed by atoms with Crippen molar-refractivity contribution in [3.63, 3.8) is 0 Å². The zero-order valence-corrected chi connectivity index (χ0v) is 7.60. The molecule has 0 heterocycles. The molecule has 0 fully saturated rings. The number of rotatable bonds is 1. The summed E-state index contributed by atoms with van der Waals surface area (Å²) < 4.78 is 17.3. The van der Waals surface area contributed by atoms with Crippen LogP contribution in [0.2, 0.25) is 0 Å². The maximum atomic E-state index is 12.6.